The number of nitrogens with two attached hydrogens (primary N) is 1. The summed E-state index contributed by atoms with van der Waals surface area (Å²) in [6, 6.07) is 5.59. The van der Waals surface area contributed by atoms with Crippen molar-refractivity contribution in [2.75, 3.05) is 5.43 Å². The number of aryl methyl sites for hydroxylation is 1. The molecule has 62 valence electrons. The summed E-state index contributed by atoms with van der Waals surface area (Å²) in [5, 5.41) is 0. The van der Waals surface area contributed by atoms with Crippen molar-refractivity contribution in [1.82, 2.24) is 0 Å². The molecule has 12 heavy (non-hydrogen) atoms. The topological polar surface area (TPSA) is 55.1 Å². The molecule has 0 bridgehead atoms. The highest BCUT2D eigenvalue weighted by molar-refractivity contribution is 6.00. The number of fused-ring (bicyclic) bond motifs is 1. The Morgan fingerprint density at radius 3 is 2.92 bits per heavy atom. The third-order valence-corrected chi connectivity index (χ3v) is 2.19. The van der Waals surface area contributed by atoms with E-state index in [2.05, 4.69) is 5.43 Å². The molecule has 0 atom stereocenters. The predicted octanol–water partition coefficient (Wildman–Crippen LogP) is 1.10. The summed E-state index contributed by atoms with van der Waals surface area (Å²) < 4.78 is 0. The number of hydrogen-bond acceptors (Lipinski definition) is 3. The molecule has 0 fully saturated rings. The van der Waals surface area contributed by atoms with Gasteiger partial charge in [0.15, 0.2) is 5.78 Å². The molecule has 3 heteroatoms. The summed E-state index contributed by atoms with van der Waals surface area (Å²) in [6.07, 6.45) is 1.49. The first-order chi connectivity index (χ1) is 5.81. The van der Waals surface area contributed by atoms with Crippen LogP contribution in [0.5, 0.6) is 0 Å². The maximum Gasteiger partial charge on any atom is 0.163 e. The largest absolute Gasteiger partial charge is 0.324 e. The highest BCUT2D eigenvalue weighted by Gasteiger charge is 2.18. The Labute approximate surface area is 70.5 Å². The van der Waals surface area contributed by atoms with Crippen LogP contribution in [0.2, 0.25) is 0 Å². The van der Waals surface area contributed by atoms with E-state index in [1.54, 1.807) is 0 Å². The zero-order chi connectivity index (χ0) is 8.55. The summed E-state index contributed by atoms with van der Waals surface area (Å²) in [6.45, 7) is 0. The van der Waals surface area contributed by atoms with Crippen molar-refractivity contribution in [3.05, 3.63) is 29.3 Å². The van der Waals surface area contributed by atoms with E-state index in [1.165, 1.54) is 0 Å². The van der Waals surface area contributed by atoms with Crippen molar-refractivity contribution in [3.63, 3.8) is 0 Å². The quantitative estimate of drug-likeness (QED) is 0.480. The molecule has 3 N–H and O–H groups in total. The van der Waals surface area contributed by atoms with Gasteiger partial charge in [0.2, 0.25) is 0 Å². The standard InChI is InChI=1S/C9H10N2O/c10-11-7-2-3-8-6(5-7)1-4-9(8)12/h2-3,5,11H,1,4,10H2. The van der Waals surface area contributed by atoms with Gasteiger partial charge in [0.1, 0.15) is 0 Å². The molecule has 0 saturated carbocycles. The number of benzene rings is 1. The van der Waals surface area contributed by atoms with E-state index in [1.807, 2.05) is 18.2 Å². The Kier molecular flexibility index (Phi) is 1.59. The van der Waals surface area contributed by atoms with Gasteiger partial charge in [-0.15, -0.1) is 0 Å². The van der Waals surface area contributed by atoms with E-state index in [0.29, 0.717) is 6.42 Å². The first kappa shape index (κ1) is 7.31. The third kappa shape index (κ3) is 0.987. The van der Waals surface area contributed by atoms with Crippen molar-refractivity contribution in [2.45, 2.75) is 12.8 Å². The summed E-state index contributed by atoms with van der Waals surface area (Å²) in [4.78, 5) is 11.2. The lowest BCUT2D eigenvalue weighted by Crippen LogP contribution is -2.06. The summed E-state index contributed by atoms with van der Waals surface area (Å²) in [5.74, 6) is 5.49. The minimum atomic E-state index is 0.244. The van der Waals surface area contributed by atoms with E-state index in [9.17, 15) is 4.79 Å². The lowest BCUT2D eigenvalue weighted by atomic mass is 10.1. The van der Waals surface area contributed by atoms with Crippen molar-refractivity contribution in [2.24, 2.45) is 5.84 Å². The molecule has 1 aliphatic rings. The highest BCUT2D eigenvalue weighted by atomic mass is 16.1. The molecule has 0 radical (unpaired) electrons. The minimum absolute atomic E-state index is 0.244. The lowest BCUT2D eigenvalue weighted by Gasteiger charge is -2.01. The van der Waals surface area contributed by atoms with Gasteiger partial charge in [0, 0.05) is 17.7 Å². The molecule has 0 saturated heterocycles. The van der Waals surface area contributed by atoms with Crippen molar-refractivity contribution in [1.29, 1.82) is 0 Å². The highest BCUT2D eigenvalue weighted by Crippen LogP contribution is 2.24. The number of nitrogens with one attached hydrogen (secondary N) is 1. The fourth-order valence-corrected chi connectivity index (χ4v) is 1.55. The molecule has 0 aliphatic heterocycles. The van der Waals surface area contributed by atoms with Gasteiger partial charge in [0.25, 0.3) is 0 Å². The van der Waals surface area contributed by atoms with Crippen molar-refractivity contribution >= 4 is 11.5 Å². The van der Waals surface area contributed by atoms with E-state index < -0.39 is 0 Å². The first-order valence-electron chi connectivity index (χ1n) is 3.94. The second kappa shape index (κ2) is 2.60. The zero-order valence-electron chi connectivity index (χ0n) is 6.63. The number of Topliss-reactive ketones (excluding diaryl/α,β-unsaturated/α-hetero) is 1. The van der Waals surface area contributed by atoms with Gasteiger partial charge in [-0.3, -0.25) is 10.6 Å². The predicted molar refractivity (Wildman–Crippen MR) is 46.9 cm³/mol. The second-order valence-electron chi connectivity index (χ2n) is 2.94. The van der Waals surface area contributed by atoms with Crippen LogP contribution in [0.3, 0.4) is 0 Å². The molecular weight excluding hydrogens is 152 g/mol. The maximum atomic E-state index is 11.2. The van der Waals surface area contributed by atoms with E-state index in [4.69, 9.17) is 5.84 Å². The van der Waals surface area contributed by atoms with Gasteiger partial charge in [-0.25, -0.2) is 0 Å². The Morgan fingerprint density at radius 1 is 1.33 bits per heavy atom. The maximum absolute atomic E-state index is 11.2. The average molecular weight is 162 g/mol. The molecule has 1 aromatic rings. The number of rotatable bonds is 1. The molecule has 1 aromatic carbocycles. The Hall–Kier alpha value is -1.35. The van der Waals surface area contributed by atoms with E-state index >= 15 is 0 Å². The number of ketones is 1. The molecule has 0 unspecified atom stereocenters. The van der Waals surface area contributed by atoms with Gasteiger partial charge in [-0.1, -0.05) is 0 Å². The molecule has 1 aliphatic carbocycles. The number of carbonyl (C=O) groups is 1. The molecule has 3 nitrogen and oxygen atoms in total. The van der Waals surface area contributed by atoms with Crippen LogP contribution in [0.25, 0.3) is 0 Å². The van der Waals surface area contributed by atoms with Gasteiger partial charge < -0.3 is 5.43 Å². The fourth-order valence-electron chi connectivity index (χ4n) is 1.55. The van der Waals surface area contributed by atoms with Crippen LogP contribution in [0, 0.1) is 0 Å². The van der Waals surface area contributed by atoms with Gasteiger partial charge >= 0.3 is 0 Å². The Morgan fingerprint density at radius 2 is 2.17 bits per heavy atom. The van der Waals surface area contributed by atoms with Crippen LogP contribution in [-0.4, -0.2) is 5.78 Å². The SMILES string of the molecule is NNc1ccc2c(c1)CCC2=O. The first-order valence-corrected chi connectivity index (χ1v) is 3.94. The van der Waals surface area contributed by atoms with Crippen molar-refractivity contribution in [3.8, 4) is 0 Å². The van der Waals surface area contributed by atoms with Gasteiger partial charge in [0.05, 0.1) is 0 Å². The van der Waals surface area contributed by atoms with Crippen LogP contribution in [0.4, 0.5) is 5.69 Å². The zero-order valence-corrected chi connectivity index (χ0v) is 6.63. The number of hydrazine groups is 1. The Bertz CT molecular complexity index is 333. The third-order valence-electron chi connectivity index (χ3n) is 2.19. The number of anilines is 1. The lowest BCUT2D eigenvalue weighted by molar-refractivity contribution is 0.0994. The van der Waals surface area contributed by atoms with Gasteiger partial charge in [-0.2, -0.15) is 0 Å². The van der Waals surface area contributed by atoms with E-state index in [0.717, 1.165) is 23.2 Å². The summed E-state index contributed by atoms with van der Waals surface area (Å²) in [7, 11) is 0. The molecular formula is C9H10N2O. The summed E-state index contributed by atoms with van der Waals surface area (Å²) in [5.41, 5.74) is 5.39. The van der Waals surface area contributed by atoms with Crippen LogP contribution < -0.4 is 11.3 Å². The summed E-state index contributed by atoms with van der Waals surface area (Å²) >= 11 is 0. The van der Waals surface area contributed by atoms with Crippen LogP contribution >= 0.6 is 0 Å². The van der Waals surface area contributed by atoms with E-state index in [-0.39, 0.29) is 5.78 Å². The second-order valence-corrected chi connectivity index (χ2v) is 2.94. The van der Waals surface area contributed by atoms with Gasteiger partial charge in [-0.05, 0) is 30.2 Å². The average Bonchev–Trinajstić information content (AvgIpc) is 2.47. The molecule has 0 heterocycles. The number of carbonyl (C=O) groups excluding carboxylic acids is 1. The molecule has 0 amide bonds. The number of hydrogen-bond donors (Lipinski definition) is 2. The smallest absolute Gasteiger partial charge is 0.163 e. The van der Waals surface area contributed by atoms with Crippen LogP contribution in [0.15, 0.2) is 18.2 Å². The monoisotopic (exact) mass is 162 g/mol. The van der Waals surface area contributed by atoms with Crippen molar-refractivity contribution < 1.29 is 4.79 Å². The molecule has 0 spiro atoms. The van der Waals surface area contributed by atoms with Crippen LogP contribution in [0.1, 0.15) is 22.3 Å². The normalized spacial score (nSPS) is 14.6. The number of nitrogen functional groups attached to an aromatic ring is 1. The Balaban J connectivity index is 2.48. The minimum Gasteiger partial charge on any atom is -0.324 e. The fraction of sp³-hybridized carbons (Fsp3) is 0.222. The molecule has 0 aromatic heterocycles. The molecule has 2 rings (SSSR count). The van der Waals surface area contributed by atoms with Crippen LogP contribution in [-0.2, 0) is 6.42 Å².